The molecule has 2 atom stereocenters. The molecule has 0 amide bonds. The molecule has 48 valence electrons. The van der Waals surface area contributed by atoms with Gasteiger partial charge in [-0.1, -0.05) is 18.2 Å². The Morgan fingerprint density at radius 1 is 1.67 bits per heavy atom. The Labute approximate surface area is 55.0 Å². The van der Waals surface area contributed by atoms with Crippen LogP contribution < -0.4 is 0 Å². The summed E-state index contributed by atoms with van der Waals surface area (Å²) in [7, 11) is 0. The molecule has 0 radical (unpaired) electrons. The number of hydrogen-bond donors (Lipinski definition) is 0. The Bertz CT molecular complexity index is 179. The van der Waals surface area contributed by atoms with Crippen LogP contribution in [0, 0.1) is 0 Å². The Hall–Kier alpha value is -0.560. The van der Waals surface area contributed by atoms with E-state index in [2.05, 4.69) is 25.2 Å². The van der Waals surface area contributed by atoms with Gasteiger partial charge in [-0.15, -0.1) is 0 Å². The fourth-order valence-electron chi connectivity index (χ4n) is 1.46. The number of rotatable bonds is 0. The number of hydrogen-bond acceptors (Lipinski definition) is 1. The molecular weight excluding hydrogens is 112 g/mol. The SMILES string of the molecule is C/C=C1\CC2C=CC1O2. The van der Waals surface area contributed by atoms with Crippen LogP contribution in [-0.2, 0) is 4.74 Å². The van der Waals surface area contributed by atoms with Crippen molar-refractivity contribution in [3.63, 3.8) is 0 Å². The highest BCUT2D eigenvalue weighted by Crippen LogP contribution is 2.32. The lowest BCUT2D eigenvalue weighted by Gasteiger charge is -2.01. The Morgan fingerprint density at radius 2 is 2.56 bits per heavy atom. The maximum Gasteiger partial charge on any atom is 0.0976 e. The molecule has 9 heavy (non-hydrogen) atoms. The molecule has 2 unspecified atom stereocenters. The largest absolute Gasteiger partial charge is 0.362 e. The average Bonchev–Trinajstić information content (AvgIpc) is 2.45. The Kier molecular flexibility index (Phi) is 0.995. The number of allylic oxidation sites excluding steroid dienone is 1. The lowest BCUT2D eigenvalue weighted by Crippen LogP contribution is -1.98. The zero-order valence-electron chi connectivity index (χ0n) is 5.50. The second kappa shape index (κ2) is 1.71. The summed E-state index contributed by atoms with van der Waals surface area (Å²) >= 11 is 0. The molecule has 0 aromatic heterocycles. The summed E-state index contributed by atoms with van der Waals surface area (Å²) in [5.74, 6) is 0. The van der Waals surface area contributed by atoms with Gasteiger partial charge in [0.1, 0.15) is 0 Å². The summed E-state index contributed by atoms with van der Waals surface area (Å²) < 4.78 is 5.50. The van der Waals surface area contributed by atoms with Crippen molar-refractivity contribution in [1.82, 2.24) is 0 Å². The first-order valence-electron chi connectivity index (χ1n) is 3.39. The third-order valence-corrected chi connectivity index (χ3v) is 2.00. The third kappa shape index (κ3) is 0.648. The van der Waals surface area contributed by atoms with Crippen LogP contribution in [0.15, 0.2) is 23.8 Å². The zero-order chi connectivity index (χ0) is 6.27. The topological polar surface area (TPSA) is 9.23 Å². The fraction of sp³-hybridized carbons (Fsp3) is 0.500. The summed E-state index contributed by atoms with van der Waals surface area (Å²) in [6.07, 6.45) is 8.31. The molecule has 0 N–H and O–H groups in total. The molecule has 2 rings (SSSR count). The van der Waals surface area contributed by atoms with Gasteiger partial charge >= 0.3 is 0 Å². The first-order chi connectivity index (χ1) is 4.40. The molecule has 0 aliphatic carbocycles. The molecule has 1 saturated heterocycles. The van der Waals surface area contributed by atoms with Gasteiger partial charge in [0, 0.05) is 6.42 Å². The highest BCUT2D eigenvalue weighted by molar-refractivity contribution is 5.27. The van der Waals surface area contributed by atoms with E-state index < -0.39 is 0 Å². The number of ether oxygens (including phenoxy) is 1. The van der Waals surface area contributed by atoms with Crippen molar-refractivity contribution in [2.45, 2.75) is 25.6 Å². The van der Waals surface area contributed by atoms with E-state index in [0.717, 1.165) is 6.42 Å². The number of fused-ring (bicyclic) bond motifs is 2. The van der Waals surface area contributed by atoms with E-state index in [0.29, 0.717) is 12.2 Å². The van der Waals surface area contributed by atoms with Crippen molar-refractivity contribution >= 4 is 0 Å². The van der Waals surface area contributed by atoms with Crippen LogP contribution in [0.3, 0.4) is 0 Å². The van der Waals surface area contributed by atoms with Gasteiger partial charge in [0.2, 0.25) is 0 Å². The Morgan fingerprint density at radius 3 is 2.89 bits per heavy atom. The average molecular weight is 122 g/mol. The van der Waals surface area contributed by atoms with E-state index in [1.165, 1.54) is 5.57 Å². The van der Waals surface area contributed by atoms with Gasteiger partial charge in [-0.3, -0.25) is 0 Å². The first kappa shape index (κ1) is 5.24. The van der Waals surface area contributed by atoms with Gasteiger partial charge in [0.15, 0.2) is 0 Å². The molecule has 0 aromatic rings. The first-order valence-corrected chi connectivity index (χ1v) is 3.39. The van der Waals surface area contributed by atoms with Gasteiger partial charge in [-0.25, -0.2) is 0 Å². The lowest BCUT2D eigenvalue weighted by molar-refractivity contribution is 0.127. The smallest absolute Gasteiger partial charge is 0.0976 e. The van der Waals surface area contributed by atoms with Crippen LogP contribution in [0.1, 0.15) is 13.3 Å². The monoisotopic (exact) mass is 122 g/mol. The minimum absolute atomic E-state index is 0.333. The molecule has 1 fully saturated rings. The maximum atomic E-state index is 5.50. The van der Waals surface area contributed by atoms with Gasteiger partial charge in [0.05, 0.1) is 12.2 Å². The maximum absolute atomic E-state index is 5.50. The molecule has 2 aliphatic heterocycles. The van der Waals surface area contributed by atoms with Crippen LogP contribution >= 0.6 is 0 Å². The van der Waals surface area contributed by atoms with Gasteiger partial charge in [0.25, 0.3) is 0 Å². The van der Waals surface area contributed by atoms with Gasteiger partial charge in [-0.05, 0) is 12.5 Å². The fourth-order valence-corrected chi connectivity index (χ4v) is 1.46. The summed E-state index contributed by atoms with van der Waals surface area (Å²) in [6, 6.07) is 0. The van der Waals surface area contributed by atoms with Crippen LogP contribution in [0.5, 0.6) is 0 Å². The normalized spacial score (nSPS) is 43.0. The standard InChI is InChI=1S/C8H10O/c1-2-6-5-7-3-4-8(6)9-7/h2-4,7-8H,5H2,1H3/b6-2+. The molecule has 0 saturated carbocycles. The highest BCUT2D eigenvalue weighted by Gasteiger charge is 2.30. The molecule has 2 bridgehead atoms. The van der Waals surface area contributed by atoms with Crippen LogP contribution in [0.2, 0.25) is 0 Å². The van der Waals surface area contributed by atoms with Crippen molar-refractivity contribution in [2.75, 3.05) is 0 Å². The van der Waals surface area contributed by atoms with Crippen molar-refractivity contribution in [1.29, 1.82) is 0 Å². The molecule has 1 heteroatoms. The second-order valence-corrected chi connectivity index (χ2v) is 2.55. The van der Waals surface area contributed by atoms with E-state index in [1.54, 1.807) is 0 Å². The molecule has 1 nitrogen and oxygen atoms in total. The van der Waals surface area contributed by atoms with E-state index in [-0.39, 0.29) is 0 Å². The second-order valence-electron chi connectivity index (χ2n) is 2.55. The van der Waals surface area contributed by atoms with Gasteiger partial charge in [-0.2, -0.15) is 0 Å². The molecular formula is C8H10O. The van der Waals surface area contributed by atoms with E-state index >= 15 is 0 Å². The van der Waals surface area contributed by atoms with Crippen molar-refractivity contribution in [3.05, 3.63) is 23.8 Å². The summed E-state index contributed by atoms with van der Waals surface area (Å²) in [4.78, 5) is 0. The summed E-state index contributed by atoms with van der Waals surface area (Å²) in [6.45, 7) is 2.08. The molecule has 2 heterocycles. The Balaban J connectivity index is 2.29. The van der Waals surface area contributed by atoms with Crippen LogP contribution in [-0.4, -0.2) is 12.2 Å². The van der Waals surface area contributed by atoms with Crippen molar-refractivity contribution in [3.8, 4) is 0 Å². The molecule has 0 aromatic carbocycles. The van der Waals surface area contributed by atoms with E-state index in [4.69, 9.17) is 4.74 Å². The molecule has 2 aliphatic rings. The third-order valence-electron chi connectivity index (χ3n) is 2.00. The van der Waals surface area contributed by atoms with Crippen LogP contribution in [0.4, 0.5) is 0 Å². The lowest BCUT2D eigenvalue weighted by atomic mass is 10.0. The quantitative estimate of drug-likeness (QED) is 0.444. The zero-order valence-corrected chi connectivity index (χ0v) is 5.50. The predicted octanol–water partition coefficient (Wildman–Crippen LogP) is 1.66. The van der Waals surface area contributed by atoms with Crippen LogP contribution in [0.25, 0.3) is 0 Å². The van der Waals surface area contributed by atoms with Gasteiger partial charge < -0.3 is 4.74 Å². The minimum Gasteiger partial charge on any atom is -0.362 e. The summed E-state index contributed by atoms with van der Waals surface area (Å²) in [5.41, 5.74) is 1.45. The van der Waals surface area contributed by atoms with Crippen molar-refractivity contribution < 1.29 is 4.74 Å². The van der Waals surface area contributed by atoms with Crippen molar-refractivity contribution in [2.24, 2.45) is 0 Å². The van der Waals surface area contributed by atoms with E-state index in [9.17, 15) is 0 Å². The minimum atomic E-state index is 0.333. The summed E-state index contributed by atoms with van der Waals surface area (Å²) in [5, 5.41) is 0. The predicted molar refractivity (Wildman–Crippen MR) is 36.2 cm³/mol. The molecule has 0 spiro atoms. The highest BCUT2D eigenvalue weighted by atomic mass is 16.5. The van der Waals surface area contributed by atoms with E-state index in [1.807, 2.05) is 0 Å².